The van der Waals surface area contributed by atoms with Crippen LogP contribution in [0.3, 0.4) is 0 Å². The van der Waals surface area contributed by atoms with Crippen molar-refractivity contribution in [3.05, 3.63) is 24.0 Å². The van der Waals surface area contributed by atoms with Crippen molar-refractivity contribution >= 4 is 0 Å². The highest BCUT2D eigenvalue weighted by Gasteiger charge is 2.26. The van der Waals surface area contributed by atoms with E-state index in [0.717, 1.165) is 0 Å². The number of rotatable bonds is 4. The molecule has 0 aliphatic carbocycles. The largest absolute Gasteiger partial charge is 0.505 e. The Morgan fingerprint density at radius 3 is 2.93 bits per heavy atom. The van der Waals surface area contributed by atoms with E-state index in [4.69, 9.17) is 14.2 Å². The zero-order chi connectivity index (χ0) is 10.4. The van der Waals surface area contributed by atoms with E-state index in [1.807, 2.05) is 6.08 Å². The maximum atomic E-state index is 5.54. The fourth-order valence-corrected chi connectivity index (χ4v) is 1.56. The Morgan fingerprint density at radius 1 is 1.50 bits per heavy atom. The molecule has 0 aromatic carbocycles. The first-order valence-corrected chi connectivity index (χ1v) is 4.78. The van der Waals surface area contributed by atoms with Crippen molar-refractivity contribution in [2.45, 2.75) is 13.0 Å². The van der Waals surface area contributed by atoms with Crippen molar-refractivity contribution in [2.75, 3.05) is 27.4 Å². The van der Waals surface area contributed by atoms with Crippen LogP contribution in [0, 0.1) is 5.92 Å². The Bertz CT molecular complexity index is 221. The van der Waals surface area contributed by atoms with Crippen molar-refractivity contribution in [3.63, 3.8) is 0 Å². The highest BCUT2D eigenvalue weighted by Crippen LogP contribution is 2.27. The average Bonchev–Trinajstić information content (AvgIpc) is 2.53. The fraction of sp³-hybridized carbons (Fsp3) is 0.636. The van der Waals surface area contributed by atoms with Crippen LogP contribution in [0.5, 0.6) is 0 Å². The average molecular weight is 198 g/mol. The van der Waals surface area contributed by atoms with Gasteiger partial charge in [-0.05, 0) is 18.6 Å². The molecule has 0 unspecified atom stereocenters. The summed E-state index contributed by atoms with van der Waals surface area (Å²) in [4.78, 5) is 0. The topological polar surface area (TPSA) is 27.7 Å². The van der Waals surface area contributed by atoms with Crippen molar-refractivity contribution in [3.8, 4) is 0 Å². The van der Waals surface area contributed by atoms with Crippen molar-refractivity contribution in [1.29, 1.82) is 0 Å². The molecule has 1 rings (SSSR count). The van der Waals surface area contributed by atoms with Crippen LogP contribution < -0.4 is 0 Å². The predicted molar refractivity (Wildman–Crippen MR) is 55.0 cm³/mol. The lowest BCUT2D eigenvalue weighted by Crippen LogP contribution is -2.09. The molecule has 1 saturated heterocycles. The summed E-state index contributed by atoms with van der Waals surface area (Å²) in [6, 6.07) is 0. The first-order chi connectivity index (χ1) is 6.79. The predicted octanol–water partition coefficient (Wildman–Crippen LogP) is 1.75. The van der Waals surface area contributed by atoms with Crippen molar-refractivity contribution in [1.82, 2.24) is 0 Å². The Labute approximate surface area is 85.3 Å². The quantitative estimate of drug-likeness (QED) is 0.509. The van der Waals surface area contributed by atoms with Crippen LogP contribution in [-0.2, 0) is 14.2 Å². The molecule has 0 amide bonds. The molecule has 1 heterocycles. The van der Waals surface area contributed by atoms with Gasteiger partial charge in [0.25, 0.3) is 0 Å². The van der Waals surface area contributed by atoms with Gasteiger partial charge in [0.1, 0.15) is 0 Å². The van der Waals surface area contributed by atoms with Gasteiger partial charge >= 0.3 is 0 Å². The highest BCUT2D eigenvalue weighted by molar-refractivity contribution is 5.19. The Hall–Kier alpha value is -0.800. The molecule has 0 spiro atoms. The third kappa shape index (κ3) is 2.86. The lowest BCUT2D eigenvalue weighted by Gasteiger charge is -2.09. The summed E-state index contributed by atoms with van der Waals surface area (Å²) >= 11 is 0. The highest BCUT2D eigenvalue weighted by atomic mass is 16.5. The molecule has 0 saturated carbocycles. The zero-order valence-electron chi connectivity index (χ0n) is 9.03. The van der Waals surface area contributed by atoms with Gasteiger partial charge in [0, 0.05) is 13.0 Å². The standard InChI is InChI=1S/C11H18O3/c1-9-11(5-7-13-3)10(8-14-9)4-6-12-2/h4-5,7,9,11H,6,8H2,1-3H3/b7-5+,10-4-/t9-,11-/m1/s1. The maximum Gasteiger partial charge on any atom is 0.0791 e. The molecule has 2 atom stereocenters. The van der Waals surface area contributed by atoms with Gasteiger partial charge in [-0.15, -0.1) is 0 Å². The first-order valence-electron chi connectivity index (χ1n) is 4.78. The van der Waals surface area contributed by atoms with Crippen LogP contribution in [0.1, 0.15) is 6.92 Å². The molecule has 0 N–H and O–H groups in total. The summed E-state index contributed by atoms with van der Waals surface area (Å²) in [6.45, 7) is 3.41. The monoisotopic (exact) mass is 198 g/mol. The minimum absolute atomic E-state index is 0.226. The molecule has 1 aliphatic rings. The molecule has 80 valence electrons. The van der Waals surface area contributed by atoms with E-state index in [9.17, 15) is 0 Å². The van der Waals surface area contributed by atoms with E-state index in [1.54, 1.807) is 20.5 Å². The molecule has 1 aliphatic heterocycles. The van der Waals surface area contributed by atoms with Gasteiger partial charge in [-0.1, -0.05) is 6.08 Å². The molecular weight excluding hydrogens is 180 g/mol. The van der Waals surface area contributed by atoms with Crippen molar-refractivity contribution in [2.24, 2.45) is 5.92 Å². The van der Waals surface area contributed by atoms with Gasteiger partial charge in [0.15, 0.2) is 0 Å². The smallest absolute Gasteiger partial charge is 0.0791 e. The Balaban J connectivity index is 2.61. The van der Waals surface area contributed by atoms with Crippen LogP contribution in [-0.4, -0.2) is 33.5 Å². The van der Waals surface area contributed by atoms with Crippen LogP contribution in [0.15, 0.2) is 24.0 Å². The van der Waals surface area contributed by atoms with E-state index in [0.29, 0.717) is 19.1 Å². The van der Waals surface area contributed by atoms with E-state index < -0.39 is 0 Å². The normalized spacial score (nSPS) is 30.4. The lowest BCUT2D eigenvalue weighted by molar-refractivity contribution is 0.115. The van der Waals surface area contributed by atoms with Crippen molar-refractivity contribution < 1.29 is 14.2 Å². The van der Waals surface area contributed by atoms with Gasteiger partial charge in [0.2, 0.25) is 0 Å². The third-order valence-electron chi connectivity index (χ3n) is 2.38. The maximum absolute atomic E-state index is 5.54. The Kier molecular flexibility index (Phi) is 4.70. The SMILES string of the molecule is CO/C=C/[C@H]1/C(=C\COC)CO[C@@H]1C. The van der Waals surface area contributed by atoms with Crippen LogP contribution in [0.2, 0.25) is 0 Å². The van der Waals surface area contributed by atoms with Gasteiger partial charge < -0.3 is 14.2 Å². The fourth-order valence-electron chi connectivity index (χ4n) is 1.56. The van der Waals surface area contributed by atoms with Crippen LogP contribution in [0.4, 0.5) is 0 Å². The molecule has 1 fully saturated rings. The summed E-state index contributed by atoms with van der Waals surface area (Å²) in [7, 11) is 3.34. The van der Waals surface area contributed by atoms with E-state index in [1.165, 1.54) is 5.57 Å². The second kappa shape index (κ2) is 5.83. The van der Waals surface area contributed by atoms with Gasteiger partial charge in [-0.2, -0.15) is 0 Å². The zero-order valence-corrected chi connectivity index (χ0v) is 9.03. The van der Waals surface area contributed by atoms with Crippen LogP contribution >= 0.6 is 0 Å². The number of methoxy groups -OCH3 is 2. The van der Waals surface area contributed by atoms with E-state index >= 15 is 0 Å². The molecule has 3 heteroatoms. The molecule has 3 nitrogen and oxygen atoms in total. The summed E-state index contributed by atoms with van der Waals surface area (Å²) < 4.78 is 15.5. The minimum atomic E-state index is 0.226. The second-order valence-corrected chi connectivity index (χ2v) is 3.34. The minimum Gasteiger partial charge on any atom is -0.505 e. The summed E-state index contributed by atoms with van der Waals surface area (Å²) in [6.07, 6.45) is 6.04. The van der Waals surface area contributed by atoms with Gasteiger partial charge in [-0.3, -0.25) is 0 Å². The van der Waals surface area contributed by atoms with E-state index in [2.05, 4.69) is 13.0 Å². The van der Waals surface area contributed by atoms with Crippen LogP contribution in [0.25, 0.3) is 0 Å². The third-order valence-corrected chi connectivity index (χ3v) is 2.38. The Morgan fingerprint density at radius 2 is 2.29 bits per heavy atom. The van der Waals surface area contributed by atoms with Gasteiger partial charge in [0.05, 0.1) is 32.7 Å². The summed E-state index contributed by atoms with van der Waals surface area (Å²) in [5, 5.41) is 0. The summed E-state index contributed by atoms with van der Waals surface area (Å²) in [5.74, 6) is 0.324. The first kappa shape index (κ1) is 11.3. The van der Waals surface area contributed by atoms with E-state index in [-0.39, 0.29) is 6.10 Å². The number of hydrogen-bond donors (Lipinski definition) is 0. The lowest BCUT2D eigenvalue weighted by atomic mass is 9.97. The molecule has 0 aromatic rings. The molecule has 0 aromatic heterocycles. The molecule has 0 radical (unpaired) electrons. The number of ether oxygens (including phenoxy) is 3. The molecular formula is C11H18O3. The van der Waals surface area contributed by atoms with Gasteiger partial charge in [-0.25, -0.2) is 0 Å². The summed E-state index contributed by atoms with van der Waals surface area (Å²) in [5.41, 5.74) is 1.27. The number of hydrogen-bond acceptors (Lipinski definition) is 3. The second-order valence-electron chi connectivity index (χ2n) is 3.34. The molecule has 0 bridgehead atoms. The molecule has 14 heavy (non-hydrogen) atoms.